The predicted octanol–water partition coefficient (Wildman–Crippen LogP) is 0.507. The van der Waals surface area contributed by atoms with Crippen LogP contribution in [0.3, 0.4) is 0 Å². The van der Waals surface area contributed by atoms with E-state index in [1.54, 1.807) is 6.92 Å². The fourth-order valence-corrected chi connectivity index (χ4v) is 1.27. The van der Waals surface area contributed by atoms with Crippen molar-refractivity contribution in [3.05, 3.63) is 21.6 Å². The summed E-state index contributed by atoms with van der Waals surface area (Å²) in [5, 5.41) is 8.36. The van der Waals surface area contributed by atoms with Crippen molar-refractivity contribution in [2.24, 2.45) is 0 Å². The summed E-state index contributed by atoms with van der Waals surface area (Å²) in [5.41, 5.74) is 6.43. The minimum Gasteiger partial charge on any atom is -0.369 e. The second-order valence-corrected chi connectivity index (χ2v) is 3.03. The molecule has 0 unspecified atom stereocenters. The molecule has 0 amide bonds. The Morgan fingerprint density at radius 1 is 1.64 bits per heavy atom. The molecule has 0 fully saturated rings. The lowest BCUT2D eigenvalue weighted by atomic mass is 10.1. The molecule has 0 radical (unpaired) electrons. The molecule has 3 N–H and O–H groups in total. The number of H-pyrrole nitrogens is 1. The number of nitrogens with two attached hydrogens (primary N) is 1. The number of nitrogen functional groups attached to an aromatic ring is 1. The van der Waals surface area contributed by atoms with Gasteiger partial charge in [0.25, 0.3) is 5.56 Å². The Hall–Kier alpha value is -1.83. The van der Waals surface area contributed by atoms with Crippen molar-refractivity contribution in [3.8, 4) is 6.07 Å². The van der Waals surface area contributed by atoms with Gasteiger partial charge in [0.2, 0.25) is 5.95 Å². The van der Waals surface area contributed by atoms with Crippen LogP contribution in [0.5, 0.6) is 0 Å². The quantitative estimate of drug-likeness (QED) is 0.682. The number of aromatic amines is 1. The molecular weight excluding hydrogens is 180 g/mol. The van der Waals surface area contributed by atoms with Crippen LogP contribution < -0.4 is 11.3 Å². The Kier molecular flexibility index (Phi) is 3.24. The minimum atomic E-state index is -0.201. The number of nitrogens with zero attached hydrogens (tertiary/aromatic N) is 2. The summed E-state index contributed by atoms with van der Waals surface area (Å²) in [6, 6.07) is 2.03. The van der Waals surface area contributed by atoms with E-state index in [9.17, 15) is 4.79 Å². The number of rotatable bonds is 3. The van der Waals surface area contributed by atoms with E-state index in [1.807, 2.05) is 6.07 Å². The summed E-state index contributed by atoms with van der Waals surface area (Å²) >= 11 is 0. The lowest BCUT2D eigenvalue weighted by Crippen LogP contribution is -2.18. The highest BCUT2D eigenvalue weighted by molar-refractivity contribution is 5.24. The smallest absolute Gasteiger partial charge is 0.255 e. The number of hydrogen-bond acceptors (Lipinski definition) is 4. The maximum absolute atomic E-state index is 11.4. The van der Waals surface area contributed by atoms with Crippen molar-refractivity contribution in [1.82, 2.24) is 9.97 Å². The topological polar surface area (TPSA) is 95.6 Å². The van der Waals surface area contributed by atoms with Crippen molar-refractivity contribution in [3.63, 3.8) is 0 Å². The zero-order valence-electron chi connectivity index (χ0n) is 8.00. The molecule has 0 bridgehead atoms. The van der Waals surface area contributed by atoms with E-state index in [0.29, 0.717) is 30.5 Å². The number of anilines is 1. The van der Waals surface area contributed by atoms with Crippen LogP contribution in [0.1, 0.15) is 24.1 Å². The monoisotopic (exact) mass is 192 g/mol. The Labute approximate surface area is 81.6 Å². The van der Waals surface area contributed by atoms with Crippen molar-refractivity contribution in [1.29, 1.82) is 5.26 Å². The van der Waals surface area contributed by atoms with Gasteiger partial charge in [0, 0.05) is 17.7 Å². The van der Waals surface area contributed by atoms with Gasteiger partial charge < -0.3 is 5.73 Å². The predicted molar refractivity (Wildman–Crippen MR) is 52.6 cm³/mol. The third-order valence-corrected chi connectivity index (χ3v) is 1.96. The van der Waals surface area contributed by atoms with Gasteiger partial charge in [-0.15, -0.1) is 0 Å². The highest BCUT2D eigenvalue weighted by Crippen LogP contribution is 2.04. The number of nitrogens with one attached hydrogen (secondary N) is 1. The number of hydrogen-bond donors (Lipinski definition) is 2. The summed E-state index contributed by atoms with van der Waals surface area (Å²) < 4.78 is 0. The largest absolute Gasteiger partial charge is 0.369 e. The molecule has 1 aromatic heterocycles. The summed E-state index contributed by atoms with van der Waals surface area (Å²) in [5.74, 6) is 0.136. The van der Waals surface area contributed by atoms with E-state index >= 15 is 0 Å². The van der Waals surface area contributed by atoms with Gasteiger partial charge in [0.15, 0.2) is 0 Å². The third-order valence-electron chi connectivity index (χ3n) is 1.96. The number of unbranched alkanes of at least 4 members (excludes halogenated alkanes) is 1. The number of aryl methyl sites for hydroxylation is 1. The molecule has 0 saturated carbocycles. The molecule has 1 rings (SSSR count). The highest BCUT2D eigenvalue weighted by atomic mass is 16.1. The lowest BCUT2D eigenvalue weighted by Gasteiger charge is -2.02. The van der Waals surface area contributed by atoms with Gasteiger partial charge in [-0.1, -0.05) is 0 Å². The molecule has 0 aliphatic rings. The second-order valence-electron chi connectivity index (χ2n) is 3.03. The van der Waals surface area contributed by atoms with Crippen LogP contribution in [0.25, 0.3) is 0 Å². The maximum Gasteiger partial charge on any atom is 0.255 e. The first-order valence-corrected chi connectivity index (χ1v) is 4.37. The van der Waals surface area contributed by atoms with Crippen LogP contribution >= 0.6 is 0 Å². The Bertz CT molecular complexity index is 416. The van der Waals surface area contributed by atoms with E-state index in [4.69, 9.17) is 11.0 Å². The Morgan fingerprint density at radius 3 is 2.93 bits per heavy atom. The molecular formula is C9H12N4O. The summed E-state index contributed by atoms with van der Waals surface area (Å²) in [6.07, 6.45) is 1.69. The molecule has 1 aromatic rings. The summed E-state index contributed by atoms with van der Waals surface area (Å²) in [4.78, 5) is 17.8. The van der Waals surface area contributed by atoms with Gasteiger partial charge in [0.1, 0.15) is 0 Å². The number of nitriles is 1. The standard InChI is InChI=1S/C9H12N4O/c1-6-7(4-2-3-5-10)8(14)13-9(11)12-6/h2-4H2,1H3,(H3,11,12,13,14). The first-order chi connectivity index (χ1) is 6.65. The van der Waals surface area contributed by atoms with Crippen molar-refractivity contribution < 1.29 is 0 Å². The average Bonchev–Trinajstić information content (AvgIpc) is 2.09. The number of aromatic nitrogens is 2. The van der Waals surface area contributed by atoms with Crippen LogP contribution in [0.2, 0.25) is 0 Å². The van der Waals surface area contributed by atoms with Crippen LogP contribution in [-0.2, 0) is 6.42 Å². The van der Waals surface area contributed by atoms with E-state index in [1.165, 1.54) is 0 Å². The van der Waals surface area contributed by atoms with Crippen molar-refractivity contribution >= 4 is 5.95 Å². The molecule has 0 spiro atoms. The van der Waals surface area contributed by atoms with Gasteiger partial charge in [-0.2, -0.15) is 5.26 Å². The third kappa shape index (κ3) is 2.33. The van der Waals surface area contributed by atoms with E-state index in [0.717, 1.165) is 0 Å². The van der Waals surface area contributed by atoms with Crippen LogP contribution in [0.4, 0.5) is 5.95 Å². The van der Waals surface area contributed by atoms with E-state index in [-0.39, 0.29) is 11.5 Å². The van der Waals surface area contributed by atoms with Crippen molar-refractivity contribution in [2.45, 2.75) is 26.2 Å². The first kappa shape index (κ1) is 10.3. The molecule has 0 aliphatic carbocycles. The molecule has 5 heteroatoms. The van der Waals surface area contributed by atoms with Crippen LogP contribution in [0, 0.1) is 18.3 Å². The Morgan fingerprint density at radius 2 is 2.36 bits per heavy atom. The molecule has 5 nitrogen and oxygen atoms in total. The van der Waals surface area contributed by atoms with Gasteiger partial charge in [0.05, 0.1) is 6.07 Å². The van der Waals surface area contributed by atoms with Crippen molar-refractivity contribution in [2.75, 3.05) is 5.73 Å². The summed E-state index contributed by atoms with van der Waals surface area (Å²) in [7, 11) is 0. The average molecular weight is 192 g/mol. The summed E-state index contributed by atoms with van der Waals surface area (Å²) in [6.45, 7) is 1.74. The molecule has 0 saturated heterocycles. The SMILES string of the molecule is Cc1nc(N)[nH]c(=O)c1CCCC#N. The fourth-order valence-electron chi connectivity index (χ4n) is 1.27. The van der Waals surface area contributed by atoms with E-state index < -0.39 is 0 Å². The van der Waals surface area contributed by atoms with Gasteiger partial charge in [-0.05, 0) is 19.8 Å². The highest BCUT2D eigenvalue weighted by Gasteiger charge is 2.05. The zero-order chi connectivity index (χ0) is 10.6. The van der Waals surface area contributed by atoms with Crippen LogP contribution in [0.15, 0.2) is 4.79 Å². The maximum atomic E-state index is 11.4. The molecule has 14 heavy (non-hydrogen) atoms. The van der Waals surface area contributed by atoms with Gasteiger partial charge in [-0.3, -0.25) is 9.78 Å². The minimum absolute atomic E-state index is 0.136. The van der Waals surface area contributed by atoms with Crippen LogP contribution in [-0.4, -0.2) is 9.97 Å². The van der Waals surface area contributed by atoms with Gasteiger partial charge >= 0.3 is 0 Å². The molecule has 74 valence electrons. The zero-order valence-corrected chi connectivity index (χ0v) is 8.00. The fraction of sp³-hybridized carbons (Fsp3) is 0.444. The lowest BCUT2D eigenvalue weighted by molar-refractivity contribution is 0.819. The second kappa shape index (κ2) is 4.42. The normalized spacial score (nSPS) is 9.71. The van der Waals surface area contributed by atoms with E-state index in [2.05, 4.69) is 9.97 Å². The Balaban J connectivity index is 2.87. The molecule has 0 aromatic carbocycles. The first-order valence-electron chi connectivity index (χ1n) is 4.37. The molecule has 0 atom stereocenters. The molecule has 0 aliphatic heterocycles. The molecule has 1 heterocycles. The van der Waals surface area contributed by atoms with Gasteiger partial charge in [-0.25, -0.2) is 4.98 Å².